The molecular weight excluding hydrogens is 354 g/mol. The van der Waals surface area contributed by atoms with E-state index in [-0.39, 0.29) is 0 Å². The lowest BCUT2D eigenvalue weighted by Gasteiger charge is -2.35. The first-order chi connectivity index (χ1) is 14.1. The number of likely N-dealkylation sites (tertiary alicyclic amines) is 1. The van der Waals surface area contributed by atoms with Crippen molar-refractivity contribution in [3.8, 4) is 6.07 Å². The molecule has 2 aromatic rings. The summed E-state index contributed by atoms with van der Waals surface area (Å²) in [4.78, 5) is 5.08. The highest BCUT2D eigenvalue weighted by atomic mass is 15.2. The van der Waals surface area contributed by atoms with Gasteiger partial charge in [-0.25, -0.2) is 0 Å². The number of hydrogen-bond acceptors (Lipinski definition) is 3. The Morgan fingerprint density at radius 1 is 1.00 bits per heavy atom. The molecule has 2 aliphatic rings. The maximum Gasteiger partial charge on any atom is 0.110 e. The number of nitrogens with zero attached hydrogens (tertiary/aromatic N) is 3. The normalized spacial score (nSPS) is 25.4. The average molecular weight is 388 g/mol. The summed E-state index contributed by atoms with van der Waals surface area (Å²) in [6.07, 6.45) is 6.01. The van der Waals surface area contributed by atoms with E-state index in [1.165, 1.54) is 25.8 Å². The molecule has 2 unspecified atom stereocenters. The molecule has 1 aliphatic carbocycles. The highest BCUT2D eigenvalue weighted by molar-refractivity contribution is 5.47. The lowest BCUT2D eigenvalue weighted by Crippen LogP contribution is -2.41. The van der Waals surface area contributed by atoms with Gasteiger partial charge in [-0.1, -0.05) is 60.7 Å². The van der Waals surface area contributed by atoms with Gasteiger partial charge in [-0.2, -0.15) is 5.26 Å². The summed E-state index contributed by atoms with van der Waals surface area (Å²) in [5, 5.41) is 10.6. The average Bonchev–Trinajstić information content (AvgIpc) is 3.41. The SMILES string of the molecule is CN(C[C@@H]1CCCN1C)C1CCC(C(C#N)(c2ccccc2)c2ccccc2)C1. The van der Waals surface area contributed by atoms with Crippen LogP contribution in [0.4, 0.5) is 0 Å². The Hall–Kier alpha value is -2.15. The van der Waals surface area contributed by atoms with E-state index in [4.69, 9.17) is 0 Å². The molecule has 152 valence electrons. The molecule has 3 nitrogen and oxygen atoms in total. The van der Waals surface area contributed by atoms with Crippen LogP contribution in [-0.2, 0) is 5.41 Å². The van der Waals surface area contributed by atoms with Gasteiger partial charge in [0, 0.05) is 18.6 Å². The van der Waals surface area contributed by atoms with Gasteiger partial charge in [0.1, 0.15) is 5.41 Å². The predicted molar refractivity (Wildman–Crippen MR) is 119 cm³/mol. The summed E-state index contributed by atoms with van der Waals surface area (Å²) in [6.45, 7) is 2.37. The molecular formula is C26H33N3. The molecule has 0 spiro atoms. The highest BCUT2D eigenvalue weighted by Gasteiger charge is 2.46. The molecule has 1 saturated heterocycles. The van der Waals surface area contributed by atoms with Crippen molar-refractivity contribution in [2.75, 3.05) is 27.2 Å². The van der Waals surface area contributed by atoms with Crippen molar-refractivity contribution < 1.29 is 0 Å². The number of hydrogen-bond donors (Lipinski definition) is 0. The van der Waals surface area contributed by atoms with Crippen LogP contribution in [0, 0.1) is 17.2 Å². The summed E-state index contributed by atoms with van der Waals surface area (Å²) in [7, 11) is 4.55. The van der Waals surface area contributed by atoms with Crippen molar-refractivity contribution in [1.29, 1.82) is 5.26 Å². The fraction of sp³-hybridized carbons (Fsp3) is 0.500. The zero-order valence-corrected chi connectivity index (χ0v) is 17.8. The molecule has 3 heteroatoms. The molecule has 1 saturated carbocycles. The first kappa shape index (κ1) is 20.1. The van der Waals surface area contributed by atoms with Gasteiger partial charge in [-0.15, -0.1) is 0 Å². The van der Waals surface area contributed by atoms with Crippen LogP contribution >= 0.6 is 0 Å². The van der Waals surface area contributed by atoms with Gasteiger partial charge in [0.15, 0.2) is 0 Å². The minimum absolute atomic E-state index is 0.339. The molecule has 3 atom stereocenters. The van der Waals surface area contributed by atoms with E-state index < -0.39 is 5.41 Å². The van der Waals surface area contributed by atoms with Gasteiger partial charge in [0.05, 0.1) is 6.07 Å². The largest absolute Gasteiger partial charge is 0.302 e. The molecule has 2 aromatic carbocycles. The Morgan fingerprint density at radius 3 is 2.14 bits per heavy atom. The van der Waals surface area contributed by atoms with Crippen LogP contribution in [-0.4, -0.2) is 49.1 Å². The quantitative estimate of drug-likeness (QED) is 0.720. The Morgan fingerprint density at radius 2 is 1.62 bits per heavy atom. The molecule has 29 heavy (non-hydrogen) atoms. The molecule has 0 amide bonds. The minimum Gasteiger partial charge on any atom is -0.302 e. The number of likely N-dealkylation sites (N-methyl/N-ethyl adjacent to an activating group) is 2. The topological polar surface area (TPSA) is 30.3 Å². The Bertz CT molecular complexity index is 787. The van der Waals surface area contributed by atoms with Crippen LogP contribution in [0.2, 0.25) is 0 Å². The van der Waals surface area contributed by atoms with Crippen molar-refractivity contribution in [3.63, 3.8) is 0 Å². The van der Waals surface area contributed by atoms with Gasteiger partial charge in [0.2, 0.25) is 0 Å². The lowest BCUT2D eigenvalue weighted by atomic mass is 9.66. The summed E-state index contributed by atoms with van der Waals surface area (Å²) in [6, 6.07) is 25.0. The molecule has 0 radical (unpaired) electrons. The van der Waals surface area contributed by atoms with Crippen molar-refractivity contribution in [1.82, 2.24) is 9.80 Å². The second-order valence-corrected chi connectivity index (χ2v) is 9.03. The molecule has 4 rings (SSSR count). The zero-order chi connectivity index (χ0) is 20.3. The van der Waals surface area contributed by atoms with E-state index in [1.807, 2.05) is 12.1 Å². The lowest BCUT2D eigenvalue weighted by molar-refractivity contribution is 0.173. The van der Waals surface area contributed by atoms with Crippen molar-refractivity contribution in [3.05, 3.63) is 71.8 Å². The van der Waals surface area contributed by atoms with E-state index in [2.05, 4.69) is 78.5 Å². The summed E-state index contributed by atoms with van der Waals surface area (Å²) < 4.78 is 0. The second-order valence-electron chi connectivity index (χ2n) is 9.03. The first-order valence-corrected chi connectivity index (χ1v) is 11.1. The van der Waals surface area contributed by atoms with Crippen molar-refractivity contribution in [2.45, 2.75) is 49.6 Å². The highest BCUT2D eigenvalue weighted by Crippen LogP contribution is 2.47. The fourth-order valence-corrected chi connectivity index (χ4v) is 5.70. The zero-order valence-electron chi connectivity index (χ0n) is 17.8. The maximum atomic E-state index is 10.6. The molecule has 0 bridgehead atoms. The molecule has 1 aliphatic heterocycles. The molecule has 2 fully saturated rings. The van der Waals surface area contributed by atoms with Gasteiger partial charge >= 0.3 is 0 Å². The van der Waals surface area contributed by atoms with E-state index in [0.29, 0.717) is 18.0 Å². The van der Waals surface area contributed by atoms with Gasteiger partial charge in [-0.05, 0) is 69.8 Å². The first-order valence-electron chi connectivity index (χ1n) is 11.1. The third kappa shape index (κ3) is 3.84. The smallest absolute Gasteiger partial charge is 0.110 e. The Balaban J connectivity index is 1.59. The van der Waals surface area contributed by atoms with Crippen LogP contribution in [0.25, 0.3) is 0 Å². The summed E-state index contributed by atoms with van der Waals surface area (Å²) in [5.74, 6) is 0.339. The van der Waals surface area contributed by atoms with Crippen LogP contribution in [0.15, 0.2) is 60.7 Å². The molecule has 1 heterocycles. The molecule has 0 N–H and O–H groups in total. The van der Waals surface area contributed by atoms with Gasteiger partial charge in [0.25, 0.3) is 0 Å². The third-order valence-electron chi connectivity index (χ3n) is 7.45. The van der Waals surface area contributed by atoms with Crippen LogP contribution in [0.5, 0.6) is 0 Å². The van der Waals surface area contributed by atoms with E-state index in [1.54, 1.807) is 0 Å². The van der Waals surface area contributed by atoms with E-state index in [0.717, 1.165) is 30.5 Å². The number of rotatable bonds is 6. The number of benzene rings is 2. The summed E-state index contributed by atoms with van der Waals surface area (Å²) >= 11 is 0. The third-order valence-corrected chi connectivity index (χ3v) is 7.45. The van der Waals surface area contributed by atoms with E-state index >= 15 is 0 Å². The van der Waals surface area contributed by atoms with Gasteiger partial charge < -0.3 is 9.80 Å². The second kappa shape index (κ2) is 8.69. The number of nitriles is 1. The van der Waals surface area contributed by atoms with Crippen LogP contribution in [0.3, 0.4) is 0 Å². The van der Waals surface area contributed by atoms with Crippen LogP contribution in [0.1, 0.15) is 43.2 Å². The van der Waals surface area contributed by atoms with Gasteiger partial charge in [-0.3, -0.25) is 0 Å². The van der Waals surface area contributed by atoms with Crippen molar-refractivity contribution >= 4 is 0 Å². The Kier molecular flexibility index (Phi) is 6.04. The van der Waals surface area contributed by atoms with Crippen molar-refractivity contribution in [2.24, 2.45) is 5.92 Å². The van der Waals surface area contributed by atoms with Crippen LogP contribution < -0.4 is 0 Å². The predicted octanol–water partition coefficient (Wildman–Crippen LogP) is 4.69. The molecule has 0 aromatic heterocycles. The fourth-order valence-electron chi connectivity index (χ4n) is 5.70. The monoisotopic (exact) mass is 387 g/mol. The van der Waals surface area contributed by atoms with E-state index in [9.17, 15) is 5.26 Å². The maximum absolute atomic E-state index is 10.6. The minimum atomic E-state index is -0.567. The standard InChI is InChI=1S/C26H33N3/c1-28-17-9-14-25(28)19-29(2)24-16-15-23(18-24)26(20-27,21-10-5-3-6-11-21)22-12-7-4-8-13-22/h3-8,10-13,23-25H,9,14-19H2,1-2H3/t23?,24?,25-/m0/s1. The summed E-state index contributed by atoms with van der Waals surface area (Å²) in [5.41, 5.74) is 1.71. The Labute approximate surface area is 175 Å².